The maximum Gasteiger partial charge on any atom is 0.214 e. The Morgan fingerprint density at radius 2 is 2.19 bits per heavy atom. The Kier molecular flexibility index (Phi) is 5.68. The molecule has 1 fully saturated rings. The number of nitrogens with zero attached hydrogens (tertiary/aromatic N) is 1. The largest absolute Gasteiger partial charge is 0.377 e. The minimum absolute atomic E-state index is 0.00761. The van der Waals surface area contributed by atoms with Crippen molar-refractivity contribution in [2.45, 2.75) is 32.3 Å². The van der Waals surface area contributed by atoms with Crippen LogP contribution in [-0.4, -0.2) is 50.8 Å². The molecule has 1 unspecified atom stereocenters. The highest BCUT2D eigenvalue weighted by atomic mass is 32.2. The van der Waals surface area contributed by atoms with Crippen molar-refractivity contribution in [3.05, 3.63) is 0 Å². The van der Waals surface area contributed by atoms with Crippen LogP contribution in [0, 0.1) is 0 Å². The highest BCUT2D eigenvalue weighted by Gasteiger charge is 2.25. The van der Waals surface area contributed by atoms with E-state index in [2.05, 4.69) is 0 Å². The molecule has 1 aliphatic rings. The predicted molar refractivity (Wildman–Crippen MR) is 63.7 cm³/mol. The zero-order valence-electron chi connectivity index (χ0n) is 9.89. The van der Waals surface area contributed by atoms with E-state index in [1.54, 1.807) is 4.31 Å². The van der Waals surface area contributed by atoms with Gasteiger partial charge in [-0.15, -0.1) is 0 Å². The Balaban J connectivity index is 2.52. The van der Waals surface area contributed by atoms with Gasteiger partial charge in [0.1, 0.15) is 0 Å². The summed E-state index contributed by atoms with van der Waals surface area (Å²) in [7, 11) is -3.11. The van der Waals surface area contributed by atoms with Gasteiger partial charge >= 0.3 is 0 Å². The van der Waals surface area contributed by atoms with Crippen LogP contribution in [0.5, 0.6) is 0 Å². The Morgan fingerprint density at radius 1 is 1.44 bits per heavy atom. The second-order valence-electron chi connectivity index (χ2n) is 4.20. The summed E-state index contributed by atoms with van der Waals surface area (Å²) < 4.78 is 31.0. The Morgan fingerprint density at radius 3 is 2.88 bits per heavy atom. The minimum atomic E-state index is -3.11. The van der Waals surface area contributed by atoms with Crippen molar-refractivity contribution in [1.29, 1.82) is 0 Å². The fourth-order valence-electron chi connectivity index (χ4n) is 1.77. The second-order valence-corrected chi connectivity index (χ2v) is 6.29. The molecule has 0 saturated carbocycles. The average molecular weight is 250 g/mol. The summed E-state index contributed by atoms with van der Waals surface area (Å²) >= 11 is 0. The molecule has 6 heteroatoms. The van der Waals surface area contributed by atoms with E-state index in [4.69, 9.17) is 10.5 Å². The number of hydrogen-bond donors (Lipinski definition) is 1. The highest BCUT2D eigenvalue weighted by Crippen LogP contribution is 2.11. The zero-order chi connectivity index (χ0) is 12.0. The summed E-state index contributed by atoms with van der Waals surface area (Å²) in [6.45, 7) is 4.17. The van der Waals surface area contributed by atoms with E-state index in [9.17, 15) is 8.42 Å². The smallest absolute Gasteiger partial charge is 0.214 e. The van der Waals surface area contributed by atoms with E-state index >= 15 is 0 Å². The molecule has 0 aromatic carbocycles. The molecule has 0 aromatic heterocycles. The van der Waals surface area contributed by atoms with E-state index in [1.807, 2.05) is 6.92 Å². The summed E-state index contributed by atoms with van der Waals surface area (Å²) in [6.07, 6.45) is 2.18. The average Bonchev–Trinajstić information content (AvgIpc) is 2.43. The van der Waals surface area contributed by atoms with Crippen LogP contribution in [0.1, 0.15) is 26.2 Å². The molecule has 0 bridgehead atoms. The predicted octanol–water partition coefficient (Wildman–Crippen LogP) is 0.166. The Hall–Kier alpha value is -0.170. The lowest BCUT2D eigenvalue weighted by atomic mass is 10.3. The molecule has 0 aromatic rings. The number of unbranched alkanes of at least 4 members (excludes halogenated alkanes) is 1. The van der Waals surface area contributed by atoms with Crippen LogP contribution in [0.25, 0.3) is 0 Å². The normalized spacial score (nSPS) is 24.2. The van der Waals surface area contributed by atoms with E-state index in [-0.39, 0.29) is 11.9 Å². The standard InChI is InChI=1S/C10H22N2O3S/c1-10-9-12(6-4-7-15-10)16(13,14)8-3-2-5-11/h10H,2-9,11H2,1H3. The molecule has 1 atom stereocenters. The van der Waals surface area contributed by atoms with Gasteiger partial charge in [0.05, 0.1) is 11.9 Å². The molecule has 0 amide bonds. The van der Waals surface area contributed by atoms with Crippen molar-refractivity contribution in [3.63, 3.8) is 0 Å². The van der Waals surface area contributed by atoms with E-state index < -0.39 is 10.0 Å². The van der Waals surface area contributed by atoms with Gasteiger partial charge in [0.2, 0.25) is 10.0 Å². The molecule has 2 N–H and O–H groups in total. The Bertz CT molecular complexity index is 292. The van der Waals surface area contributed by atoms with Gasteiger partial charge in [-0.25, -0.2) is 8.42 Å². The van der Waals surface area contributed by atoms with Crippen molar-refractivity contribution in [2.24, 2.45) is 5.73 Å². The molecule has 1 heterocycles. The van der Waals surface area contributed by atoms with Gasteiger partial charge in [0.25, 0.3) is 0 Å². The SMILES string of the molecule is CC1CN(S(=O)(=O)CCCCN)CCCO1. The van der Waals surface area contributed by atoms with Crippen molar-refractivity contribution in [3.8, 4) is 0 Å². The first-order valence-corrected chi connectivity index (χ1v) is 7.46. The molecular formula is C10H22N2O3S. The molecule has 1 saturated heterocycles. The molecule has 5 nitrogen and oxygen atoms in total. The lowest BCUT2D eigenvalue weighted by Crippen LogP contribution is -2.37. The third-order valence-corrected chi connectivity index (χ3v) is 4.59. The maximum absolute atomic E-state index is 12.0. The van der Waals surface area contributed by atoms with Crippen LogP contribution < -0.4 is 5.73 Å². The van der Waals surface area contributed by atoms with Crippen LogP contribution in [0.2, 0.25) is 0 Å². The number of hydrogen-bond acceptors (Lipinski definition) is 4. The molecule has 1 aliphatic heterocycles. The Labute approximate surface area is 98.0 Å². The molecule has 16 heavy (non-hydrogen) atoms. The van der Waals surface area contributed by atoms with Crippen molar-refractivity contribution in [1.82, 2.24) is 4.31 Å². The molecule has 1 rings (SSSR count). The van der Waals surface area contributed by atoms with Crippen LogP contribution in [0.3, 0.4) is 0 Å². The van der Waals surface area contributed by atoms with E-state index in [1.165, 1.54) is 0 Å². The summed E-state index contributed by atoms with van der Waals surface area (Å²) in [6, 6.07) is 0. The van der Waals surface area contributed by atoms with Gasteiger partial charge in [-0.3, -0.25) is 0 Å². The first kappa shape index (κ1) is 13.9. The second kappa shape index (κ2) is 6.54. The van der Waals surface area contributed by atoms with E-state index in [0.717, 1.165) is 12.8 Å². The van der Waals surface area contributed by atoms with Crippen molar-refractivity contribution < 1.29 is 13.2 Å². The molecular weight excluding hydrogens is 228 g/mol. The van der Waals surface area contributed by atoms with E-state index in [0.29, 0.717) is 32.7 Å². The summed E-state index contributed by atoms with van der Waals surface area (Å²) in [4.78, 5) is 0. The molecule has 0 radical (unpaired) electrons. The van der Waals surface area contributed by atoms with Crippen LogP contribution >= 0.6 is 0 Å². The highest BCUT2D eigenvalue weighted by molar-refractivity contribution is 7.89. The summed E-state index contributed by atoms with van der Waals surface area (Å²) in [5.74, 6) is 0.205. The number of rotatable bonds is 5. The fraction of sp³-hybridized carbons (Fsp3) is 1.00. The topological polar surface area (TPSA) is 72.6 Å². The van der Waals surface area contributed by atoms with Crippen molar-refractivity contribution >= 4 is 10.0 Å². The quantitative estimate of drug-likeness (QED) is 0.706. The van der Waals surface area contributed by atoms with Crippen LogP contribution in [-0.2, 0) is 14.8 Å². The van der Waals surface area contributed by atoms with Gasteiger partial charge in [0.15, 0.2) is 0 Å². The summed E-state index contributed by atoms with van der Waals surface area (Å²) in [5.41, 5.74) is 5.35. The first-order valence-electron chi connectivity index (χ1n) is 5.86. The van der Waals surface area contributed by atoms with Gasteiger partial charge < -0.3 is 10.5 Å². The monoisotopic (exact) mass is 250 g/mol. The summed E-state index contributed by atoms with van der Waals surface area (Å²) in [5, 5.41) is 0. The molecule has 0 aliphatic carbocycles. The lowest BCUT2D eigenvalue weighted by molar-refractivity contribution is 0.0752. The number of ether oxygens (including phenoxy) is 1. The lowest BCUT2D eigenvalue weighted by Gasteiger charge is -2.21. The van der Waals surface area contributed by atoms with Crippen LogP contribution in [0.15, 0.2) is 0 Å². The third kappa shape index (κ3) is 4.37. The van der Waals surface area contributed by atoms with Crippen LogP contribution in [0.4, 0.5) is 0 Å². The number of sulfonamides is 1. The first-order chi connectivity index (χ1) is 7.56. The fourth-order valence-corrected chi connectivity index (χ4v) is 3.44. The van der Waals surface area contributed by atoms with Gasteiger partial charge in [-0.1, -0.05) is 0 Å². The zero-order valence-corrected chi connectivity index (χ0v) is 10.7. The van der Waals surface area contributed by atoms with Crippen molar-refractivity contribution in [2.75, 3.05) is 32.0 Å². The molecule has 96 valence electrons. The van der Waals surface area contributed by atoms with Gasteiger partial charge in [-0.2, -0.15) is 4.31 Å². The minimum Gasteiger partial charge on any atom is -0.377 e. The molecule has 0 spiro atoms. The third-order valence-electron chi connectivity index (χ3n) is 2.66. The maximum atomic E-state index is 12.0. The van der Waals surface area contributed by atoms with Gasteiger partial charge in [-0.05, 0) is 32.7 Å². The van der Waals surface area contributed by atoms with Gasteiger partial charge in [0, 0.05) is 19.7 Å². The number of nitrogens with two attached hydrogens (primary N) is 1.